The zero-order valence-electron chi connectivity index (χ0n) is 7.83. The lowest BCUT2D eigenvalue weighted by atomic mass is 10.3. The molecule has 0 aliphatic heterocycles. The molecule has 2 N–H and O–H groups in total. The van der Waals surface area contributed by atoms with Gasteiger partial charge in [0.25, 0.3) is 0 Å². The summed E-state index contributed by atoms with van der Waals surface area (Å²) in [5.41, 5.74) is 6.13. The summed E-state index contributed by atoms with van der Waals surface area (Å²) in [4.78, 5) is 0.383. The summed E-state index contributed by atoms with van der Waals surface area (Å²) in [6.07, 6.45) is 0.628. The Kier molecular flexibility index (Phi) is 3.77. The predicted molar refractivity (Wildman–Crippen MR) is 65.9 cm³/mol. The molecule has 1 aromatic carbocycles. The lowest BCUT2D eigenvalue weighted by Gasteiger charge is -2.05. The first kappa shape index (κ1) is 11.8. The molecular formula is C9H12INO2S. The third-order valence-electron chi connectivity index (χ3n) is 1.76. The molecular weight excluding hydrogens is 313 g/mol. The van der Waals surface area contributed by atoms with E-state index in [-0.39, 0.29) is 5.75 Å². The Labute approximate surface area is 97.8 Å². The van der Waals surface area contributed by atoms with Gasteiger partial charge in [0.2, 0.25) is 0 Å². The number of benzene rings is 1. The molecule has 0 spiro atoms. The smallest absolute Gasteiger partial charge is 0.179 e. The molecule has 0 atom stereocenters. The summed E-state index contributed by atoms with van der Waals surface area (Å²) in [5, 5.41) is 0. The first-order valence-electron chi connectivity index (χ1n) is 4.25. The lowest BCUT2D eigenvalue weighted by Crippen LogP contribution is -2.07. The van der Waals surface area contributed by atoms with E-state index in [1.807, 2.05) is 29.5 Å². The van der Waals surface area contributed by atoms with Crippen molar-refractivity contribution in [1.82, 2.24) is 0 Å². The minimum atomic E-state index is -3.12. The maximum absolute atomic E-state index is 11.7. The minimum Gasteiger partial charge on any atom is -0.399 e. The second kappa shape index (κ2) is 4.48. The Morgan fingerprint density at radius 1 is 1.43 bits per heavy atom. The van der Waals surface area contributed by atoms with Crippen LogP contribution in [0.2, 0.25) is 0 Å². The number of halogens is 1. The number of nitrogen functional groups attached to an aromatic ring is 1. The Morgan fingerprint density at radius 2 is 2.07 bits per heavy atom. The summed E-state index contributed by atoms with van der Waals surface area (Å²) in [7, 11) is -3.12. The summed E-state index contributed by atoms with van der Waals surface area (Å²) in [6.45, 7) is 1.85. The van der Waals surface area contributed by atoms with E-state index < -0.39 is 9.84 Å². The Morgan fingerprint density at radius 3 is 2.57 bits per heavy atom. The zero-order valence-corrected chi connectivity index (χ0v) is 10.8. The molecule has 14 heavy (non-hydrogen) atoms. The van der Waals surface area contributed by atoms with E-state index in [0.717, 1.165) is 0 Å². The van der Waals surface area contributed by atoms with E-state index in [4.69, 9.17) is 5.73 Å². The van der Waals surface area contributed by atoms with Crippen molar-refractivity contribution in [1.29, 1.82) is 0 Å². The molecule has 0 saturated heterocycles. The minimum absolute atomic E-state index is 0.187. The molecule has 0 unspecified atom stereocenters. The third-order valence-corrected chi connectivity index (χ3v) is 4.99. The molecule has 1 aromatic rings. The molecule has 0 aromatic heterocycles. The van der Waals surface area contributed by atoms with Gasteiger partial charge in [-0.2, -0.15) is 0 Å². The molecule has 3 nitrogen and oxygen atoms in total. The molecule has 78 valence electrons. The fourth-order valence-electron chi connectivity index (χ4n) is 1.15. The van der Waals surface area contributed by atoms with Crippen molar-refractivity contribution in [3.05, 3.63) is 21.8 Å². The molecule has 0 saturated carbocycles. The molecule has 0 amide bonds. The van der Waals surface area contributed by atoms with Gasteiger partial charge < -0.3 is 5.73 Å². The van der Waals surface area contributed by atoms with Crippen LogP contribution in [0.4, 0.5) is 5.69 Å². The lowest BCUT2D eigenvalue weighted by molar-refractivity contribution is 0.594. The maximum Gasteiger partial charge on any atom is 0.179 e. The number of sulfone groups is 1. The van der Waals surface area contributed by atoms with E-state index >= 15 is 0 Å². The van der Waals surface area contributed by atoms with Crippen molar-refractivity contribution in [3.8, 4) is 0 Å². The highest BCUT2D eigenvalue weighted by molar-refractivity contribution is 14.1. The monoisotopic (exact) mass is 325 g/mol. The largest absolute Gasteiger partial charge is 0.399 e. The topological polar surface area (TPSA) is 60.2 Å². The van der Waals surface area contributed by atoms with Gasteiger partial charge in [0.05, 0.1) is 10.6 Å². The van der Waals surface area contributed by atoms with Crippen molar-refractivity contribution in [3.63, 3.8) is 0 Å². The average Bonchev–Trinajstić information content (AvgIpc) is 2.02. The highest BCUT2D eigenvalue weighted by Crippen LogP contribution is 2.22. The molecule has 0 fully saturated rings. The van der Waals surface area contributed by atoms with Gasteiger partial charge in [-0.1, -0.05) is 6.92 Å². The van der Waals surface area contributed by atoms with Gasteiger partial charge in [-0.25, -0.2) is 8.42 Å². The SMILES string of the molecule is CCCS(=O)(=O)c1ccc(N)cc1I. The average molecular weight is 325 g/mol. The van der Waals surface area contributed by atoms with E-state index in [1.165, 1.54) is 0 Å². The zero-order chi connectivity index (χ0) is 10.8. The fourth-order valence-corrected chi connectivity index (χ4v) is 4.08. The van der Waals surface area contributed by atoms with Crippen LogP contribution in [0.25, 0.3) is 0 Å². The van der Waals surface area contributed by atoms with E-state index in [1.54, 1.807) is 18.2 Å². The van der Waals surface area contributed by atoms with Crippen LogP contribution in [0.15, 0.2) is 23.1 Å². The van der Waals surface area contributed by atoms with E-state index in [0.29, 0.717) is 20.6 Å². The van der Waals surface area contributed by atoms with Crippen LogP contribution in [0.1, 0.15) is 13.3 Å². The van der Waals surface area contributed by atoms with Crippen molar-refractivity contribution < 1.29 is 8.42 Å². The highest BCUT2D eigenvalue weighted by atomic mass is 127. The quantitative estimate of drug-likeness (QED) is 0.683. The van der Waals surface area contributed by atoms with Crippen LogP contribution in [0, 0.1) is 3.57 Å². The molecule has 1 rings (SSSR count). The predicted octanol–water partition coefficient (Wildman–Crippen LogP) is 2.06. The van der Waals surface area contributed by atoms with Crippen LogP contribution < -0.4 is 5.73 Å². The summed E-state index contributed by atoms with van der Waals surface area (Å²) >= 11 is 1.99. The summed E-state index contributed by atoms with van der Waals surface area (Å²) in [5.74, 6) is 0.187. The Balaban J connectivity index is 3.20. The molecule has 0 bridgehead atoms. The number of rotatable bonds is 3. The van der Waals surface area contributed by atoms with Gasteiger partial charge >= 0.3 is 0 Å². The number of nitrogens with two attached hydrogens (primary N) is 1. The van der Waals surface area contributed by atoms with Gasteiger partial charge in [0, 0.05) is 9.26 Å². The molecule has 0 aliphatic rings. The second-order valence-corrected chi connectivity index (χ2v) is 6.25. The van der Waals surface area contributed by atoms with E-state index in [2.05, 4.69) is 0 Å². The van der Waals surface area contributed by atoms with Crippen molar-refractivity contribution in [2.45, 2.75) is 18.2 Å². The van der Waals surface area contributed by atoms with E-state index in [9.17, 15) is 8.42 Å². The number of hydrogen-bond donors (Lipinski definition) is 1. The van der Waals surface area contributed by atoms with Gasteiger partial charge in [0.15, 0.2) is 9.84 Å². The van der Waals surface area contributed by atoms with Gasteiger partial charge in [-0.3, -0.25) is 0 Å². The number of anilines is 1. The van der Waals surface area contributed by atoms with Crippen LogP contribution in [-0.2, 0) is 9.84 Å². The summed E-state index contributed by atoms with van der Waals surface area (Å²) < 4.78 is 24.1. The van der Waals surface area contributed by atoms with Crippen molar-refractivity contribution in [2.24, 2.45) is 0 Å². The molecule has 0 aliphatic carbocycles. The van der Waals surface area contributed by atoms with Crippen molar-refractivity contribution >= 4 is 38.1 Å². The molecule has 0 heterocycles. The first-order valence-corrected chi connectivity index (χ1v) is 6.98. The van der Waals surface area contributed by atoms with Crippen LogP contribution in [0.3, 0.4) is 0 Å². The van der Waals surface area contributed by atoms with Crippen LogP contribution in [-0.4, -0.2) is 14.2 Å². The van der Waals surface area contributed by atoms with Crippen LogP contribution >= 0.6 is 22.6 Å². The molecule has 5 heteroatoms. The first-order chi connectivity index (χ1) is 6.47. The molecule has 0 radical (unpaired) electrons. The highest BCUT2D eigenvalue weighted by Gasteiger charge is 2.16. The Bertz CT molecular complexity index is 428. The van der Waals surface area contributed by atoms with Gasteiger partial charge in [-0.15, -0.1) is 0 Å². The normalized spacial score (nSPS) is 11.6. The van der Waals surface area contributed by atoms with Crippen LogP contribution in [0.5, 0.6) is 0 Å². The van der Waals surface area contributed by atoms with Gasteiger partial charge in [0.1, 0.15) is 0 Å². The van der Waals surface area contributed by atoms with Gasteiger partial charge in [-0.05, 0) is 47.2 Å². The second-order valence-electron chi connectivity index (χ2n) is 3.01. The Hall–Kier alpha value is -0.300. The third kappa shape index (κ3) is 2.60. The fraction of sp³-hybridized carbons (Fsp3) is 0.333. The van der Waals surface area contributed by atoms with Crippen molar-refractivity contribution in [2.75, 3.05) is 11.5 Å². The summed E-state index contributed by atoms with van der Waals surface area (Å²) in [6, 6.07) is 4.86. The number of hydrogen-bond acceptors (Lipinski definition) is 3. The standard InChI is InChI=1S/C9H12INO2S/c1-2-5-14(12,13)9-4-3-7(11)6-8(9)10/h3-4,6H,2,5,11H2,1H3. The maximum atomic E-state index is 11.7.